The van der Waals surface area contributed by atoms with Gasteiger partial charge in [0.05, 0.1) is 11.2 Å². The number of nitrogens with one attached hydrogen (secondary N) is 1. The topological polar surface area (TPSA) is 29.9 Å². The minimum absolute atomic E-state index is 0.842. The van der Waals surface area contributed by atoms with Gasteiger partial charge in [-0.05, 0) is 32.4 Å². The number of para-hydroxylation sites is 1. The van der Waals surface area contributed by atoms with Gasteiger partial charge in [-0.25, -0.2) is 0 Å². The highest BCUT2D eigenvalue weighted by molar-refractivity contribution is 5.81. The number of hydrogen-bond acceptors (Lipinski definition) is 2. The Kier molecular flexibility index (Phi) is 4.74. The number of nitrogens with zero attached hydrogens (tertiary/aromatic N) is 2. The number of aryl methyl sites for hydroxylation is 1. The molecule has 102 valence electrons. The Bertz CT molecular complexity index is 554. The molecule has 0 radical (unpaired) electrons. The summed E-state index contributed by atoms with van der Waals surface area (Å²) in [7, 11) is 0. The van der Waals surface area contributed by atoms with Crippen LogP contribution in [0, 0.1) is 0 Å². The Balaban J connectivity index is 2.23. The molecule has 0 unspecified atom stereocenters. The van der Waals surface area contributed by atoms with E-state index in [0.29, 0.717) is 0 Å². The first-order valence-corrected chi connectivity index (χ1v) is 7.02. The van der Waals surface area contributed by atoms with Crippen LogP contribution in [0.15, 0.2) is 36.4 Å². The maximum atomic E-state index is 4.75. The monoisotopic (exact) mass is 257 g/mol. The molecule has 0 spiro atoms. The second-order valence-electron chi connectivity index (χ2n) is 5.07. The van der Waals surface area contributed by atoms with Gasteiger partial charge in [0, 0.05) is 18.5 Å². The van der Waals surface area contributed by atoms with Crippen LogP contribution < -0.4 is 5.32 Å². The van der Waals surface area contributed by atoms with Gasteiger partial charge >= 0.3 is 0 Å². The first-order chi connectivity index (χ1) is 9.22. The molecule has 1 aromatic heterocycles. The predicted octanol–water partition coefficient (Wildman–Crippen LogP) is 3.50. The van der Waals surface area contributed by atoms with Gasteiger partial charge in [-0.3, -0.25) is 4.68 Å². The van der Waals surface area contributed by atoms with E-state index in [1.807, 2.05) is 0 Å². The van der Waals surface area contributed by atoms with Crippen molar-refractivity contribution in [2.75, 3.05) is 6.54 Å². The van der Waals surface area contributed by atoms with Gasteiger partial charge in [0.25, 0.3) is 0 Å². The molecule has 0 atom stereocenters. The van der Waals surface area contributed by atoms with Crippen molar-refractivity contribution < 1.29 is 0 Å². The summed E-state index contributed by atoms with van der Waals surface area (Å²) in [5, 5.41) is 9.43. The molecule has 3 heteroatoms. The molecule has 1 N–H and O–H groups in total. The molecule has 0 fully saturated rings. The van der Waals surface area contributed by atoms with E-state index >= 15 is 0 Å². The van der Waals surface area contributed by atoms with E-state index in [-0.39, 0.29) is 0 Å². The van der Waals surface area contributed by atoms with Gasteiger partial charge in [-0.2, -0.15) is 5.10 Å². The van der Waals surface area contributed by atoms with E-state index < -0.39 is 0 Å². The quantitative estimate of drug-likeness (QED) is 0.607. The maximum Gasteiger partial charge on any atom is 0.0841 e. The van der Waals surface area contributed by atoms with Crippen LogP contribution in [0.3, 0.4) is 0 Å². The Morgan fingerprint density at radius 1 is 1.37 bits per heavy atom. The van der Waals surface area contributed by atoms with Gasteiger partial charge < -0.3 is 5.32 Å². The lowest BCUT2D eigenvalue weighted by atomic mass is 10.2. The number of benzene rings is 1. The van der Waals surface area contributed by atoms with Crippen molar-refractivity contribution in [3.63, 3.8) is 0 Å². The molecule has 1 aromatic carbocycles. The van der Waals surface area contributed by atoms with Crippen LogP contribution in [0.2, 0.25) is 0 Å². The van der Waals surface area contributed by atoms with E-state index in [0.717, 1.165) is 38.2 Å². The van der Waals surface area contributed by atoms with Crippen LogP contribution in [0.5, 0.6) is 0 Å². The van der Waals surface area contributed by atoms with Crippen molar-refractivity contribution in [3.05, 3.63) is 42.1 Å². The van der Waals surface area contributed by atoms with Gasteiger partial charge in [-0.15, -0.1) is 6.58 Å². The third-order valence-corrected chi connectivity index (χ3v) is 3.20. The van der Waals surface area contributed by atoms with E-state index in [9.17, 15) is 0 Å². The average Bonchev–Trinajstić information content (AvgIpc) is 2.76. The molecule has 2 rings (SSSR count). The molecule has 19 heavy (non-hydrogen) atoms. The summed E-state index contributed by atoms with van der Waals surface area (Å²) in [5.41, 5.74) is 3.56. The number of hydrogen-bond donors (Lipinski definition) is 1. The Labute approximate surface area is 115 Å². The molecule has 3 nitrogen and oxygen atoms in total. The van der Waals surface area contributed by atoms with Crippen LogP contribution >= 0.6 is 0 Å². The third-order valence-electron chi connectivity index (χ3n) is 3.20. The van der Waals surface area contributed by atoms with E-state index in [1.54, 1.807) is 0 Å². The molecular formula is C16H23N3. The Hall–Kier alpha value is -1.61. The molecule has 0 bridgehead atoms. The van der Waals surface area contributed by atoms with Gasteiger partial charge in [-0.1, -0.05) is 30.7 Å². The van der Waals surface area contributed by atoms with Crippen molar-refractivity contribution in [1.29, 1.82) is 0 Å². The summed E-state index contributed by atoms with van der Waals surface area (Å²) in [6, 6.07) is 8.45. The standard InChI is InChI=1S/C16H23N3/c1-4-10-17-12-15-14-7-5-6-8-16(14)19(18-15)11-9-13(2)3/h5-8,17H,2,4,9-12H2,1,3H3. The van der Waals surface area contributed by atoms with Gasteiger partial charge in [0.15, 0.2) is 0 Å². The zero-order chi connectivity index (χ0) is 13.7. The highest BCUT2D eigenvalue weighted by Crippen LogP contribution is 2.19. The minimum atomic E-state index is 0.842. The molecule has 0 saturated carbocycles. The molecule has 0 aliphatic carbocycles. The molecule has 2 aromatic rings. The lowest BCUT2D eigenvalue weighted by Gasteiger charge is -2.02. The van der Waals surface area contributed by atoms with Crippen molar-refractivity contribution in [2.24, 2.45) is 0 Å². The van der Waals surface area contributed by atoms with Crippen LogP contribution in [0.25, 0.3) is 10.9 Å². The molecule has 0 amide bonds. The van der Waals surface area contributed by atoms with Gasteiger partial charge in [0.2, 0.25) is 0 Å². The first kappa shape index (κ1) is 13.8. The summed E-state index contributed by atoms with van der Waals surface area (Å²) < 4.78 is 2.10. The van der Waals surface area contributed by atoms with Crippen LogP contribution in [-0.4, -0.2) is 16.3 Å². The predicted molar refractivity (Wildman–Crippen MR) is 81.2 cm³/mol. The van der Waals surface area contributed by atoms with Crippen molar-refractivity contribution >= 4 is 10.9 Å². The molecule has 0 aliphatic heterocycles. The molecular weight excluding hydrogens is 234 g/mol. The minimum Gasteiger partial charge on any atom is -0.311 e. The van der Waals surface area contributed by atoms with Crippen molar-refractivity contribution in [2.45, 2.75) is 39.8 Å². The Morgan fingerprint density at radius 2 is 2.16 bits per heavy atom. The highest BCUT2D eigenvalue weighted by Gasteiger charge is 2.09. The second kappa shape index (κ2) is 6.53. The number of fused-ring (bicyclic) bond motifs is 1. The first-order valence-electron chi connectivity index (χ1n) is 7.02. The fraction of sp³-hybridized carbons (Fsp3) is 0.438. The van der Waals surface area contributed by atoms with E-state index in [1.165, 1.54) is 16.5 Å². The van der Waals surface area contributed by atoms with Crippen LogP contribution in [0.4, 0.5) is 0 Å². The fourth-order valence-corrected chi connectivity index (χ4v) is 2.18. The molecule has 1 heterocycles. The normalized spacial score (nSPS) is 11.1. The summed E-state index contributed by atoms with van der Waals surface area (Å²) >= 11 is 0. The molecule has 0 aliphatic rings. The molecule has 0 saturated heterocycles. The number of rotatable bonds is 7. The largest absolute Gasteiger partial charge is 0.311 e. The number of allylic oxidation sites excluding steroid dienone is 1. The average molecular weight is 257 g/mol. The summed E-state index contributed by atoms with van der Waals surface area (Å²) in [6.07, 6.45) is 2.13. The van der Waals surface area contributed by atoms with Crippen LogP contribution in [0.1, 0.15) is 32.4 Å². The zero-order valence-electron chi connectivity index (χ0n) is 11.9. The zero-order valence-corrected chi connectivity index (χ0v) is 11.9. The third kappa shape index (κ3) is 3.44. The smallest absolute Gasteiger partial charge is 0.0841 e. The van der Waals surface area contributed by atoms with E-state index in [2.05, 4.69) is 54.7 Å². The van der Waals surface area contributed by atoms with E-state index in [4.69, 9.17) is 5.10 Å². The Morgan fingerprint density at radius 3 is 2.89 bits per heavy atom. The summed E-state index contributed by atoms with van der Waals surface area (Å²) in [5.74, 6) is 0. The summed E-state index contributed by atoms with van der Waals surface area (Å²) in [6.45, 7) is 11.0. The van der Waals surface area contributed by atoms with Crippen molar-refractivity contribution in [1.82, 2.24) is 15.1 Å². The highest BCUT2D eigenvalue weighted by atomic mass is 15.3. The van der Waals surface area contributed by atoms with Crippen LogP contribution in [-0.2, 0) is 13.1 Å². The van der Waals surface area contributed by atoms with Crippen molar-refractivity contribution in [3.8, 4) is 0 Å². The van der Waals surface area contributed by atoms with Gasteiger partial charge in [0.1, 0.15) is 0 Å². The lowest BCUT2D eigenvalue weighted by Crippen LogP contribution is -2.14. The number of aromatic nitrogens is 2. The SMILES string of the molecule is C=C(C)CCn1nc(CNCCC)c2ccccc21. The lowest BCUT2D eigenvalue weighted by molar-refractivity contribution is 0.602. The second-order valence-corrected chi connectivity index (χ2v) is 5.07. The maximum absolute atomic E-state index is 4.75. The fourth-order valence-electron chi connectivity index (χ4n) is 2.18. The summed E-state index contributed by atoms with van der Waals surface area (Å²) in [4.78, 5) is 0.